The SMILES string of the molecule is COC(=O)C(C)CN(CCOCCOc1ccccc1)Cc1ccccc1. The molecule has 0 aliphatic carbocycles. The van der Waals surface area contributed by atoms with Crippen molar-refractivity contribution < 1.29 is 19.0 Å². The van der Waals surface area contributed by atoms with Crippen LogP contribution in [0.25, 0.3) is 0 Å². The molecule has 5 nitrogen and oxygen atoms in total. The van der Waals surface area contributed by atoms with Crippen LogP contribution in [-0.4, -0.2) is 50.9 Å². The van der Waals surface area contributed by atoms with E-state index in [0.29, 0.717) is 26.4 Å². The fraction of sp³-hybridized carbons (Fsp3) is 0.409. The van der Waals surface area contributed by atoms with Crippen molar-refractivity contribution in [3.8, 4) is 5.75 Å². The minimum atomic E-state index is -0.190. The number of hydrogen-bond acceptors (Lipinski definition) is 5. The van der Waals surface area contributed by atoms with Gasteiger partial charge in [0.1, 0.15) is 12.4 Å². The lowest BCUT2D eigenvalue weighted by molar-refractivity contribution is -0.145. The predicted molar refractivity (Wildman–Crippen MR) is 106 cm³/mol. The Labute approximate surface area is 161 Å². The molecule has 27 heavy (non-hydrogen) atoms. The molecule has 0 saturated heterocycles. The van der Waals surface area contributed by atoms with Gasteiger partial charge < -0.3 is 14.2 Å². The summed E-state index contributed by atoms with van der Waals surface area (Å²) in [5.41, 5.74) is 1.21. The number of carbonyl (C=O) groups excluding carboxylic acids is 1. The van der Waals surface area contributed by atoms with Crippen molar-refractivity contribution in [2.24, 2.45) is 5.92 Å². The molecule has 2 aromatic carbocycles. The van der Waals surface area contributed by atoms with Crippen LogP contribution in [0.3, 0.4) is 0 Å². The Kier molecular flexibility index (Phi) is 9.38. The van der Waals surface area contributed by atoms with Crippen LogP contribution in [0.4, 0.5) is 0 Å². The lowest BCUT2D eigenvalue weighted by atomic mass is 10.1. The Morgan fingerprint density at radius 1 is 0.963 bits per heavy atom. The van der Waals surface area contributed by atoms with Crippen LogP contribution in [0.1, 0.15) is 12.5 Å². The molecule has 2 aromatic rings. The number of para-hydroxylation sites is 1. The molecule has 1 atom stereocenters. The van der Waals surface area contributed by atoms with Crippen molar-refractivity contribution in [2.45, 2.75) is 13.5 Å². The molecule has 0 aromatic heterocycles. The van der Waals surface area contributed by atoms with Crippen molar-refractivity contribution in [1.82, 2.24) is 4.90 Å². The van der Waals surface area contributed by atoms with Gasteiger partial charge in [0.15, 0.2) is 0 Å². The molecule has 1 unspecified atom stereocenters. The molecule has 0 N–H and O–H groups in total. The summed E-state index contributed by atoms with van der Waals surface area (Å²) in [6.45, 7) is 5.65. The highest BCUT2D eigenvalue weighted by molar-refractivity contribution is 5.72. The van der Waals surface area contributed by atoms with Crippen LogP contribution in [-0.2, 0) is 20.8 Å². The van der Waals surface area contributed by atoms with Crippen LogP contribution in [0.15, 0.2) is 60.7 Å². The highest BCUT2D eigenvalue weighted by Gasteiger charge is 2.17. The summed E-state index contributed by atoms with van der Waals surface area (Å²) < 4.78 is 16.2. The number of nitrogens with zero attached hydrogens (tertiary/aromatic N) is 1. The van der Waals surface area contributed by atoms with Crippen molar-refractivity contribution in [2.75, 3.05) is 40.0 Å². The Balaban J connectivity index is 1.74. The minimum absolute atomic E-state index is 0.180. The Hall–Kier alpha value is -2.37. The second-order valence-corrected chi connectivity index (χ2v) is 6.42. The van der Waals surface area contributed by atoms with E-state index < -0.39 is 0 Å². The lowest BCUT2D eigenvalue weighted by Gasteiger charge is -2.24. The summed E-state index contributed by atoms with van der Waals surface area (Å²) in [4.78, 5) is 14.0. The number of ether oxygens (including phenoxy) is 3. The zero-order valence-corrected chi connectivity index (χ0v) is 16.2. The third-order valence-electron chi connectivity index (χ3n) is 4.18. The summed E-state index contributed by atoms with van der Waals surface area (Å²) >= 11 is 0. The van der Waals surface area contributed by atoms with E-state index in [0.717, 1.165) is 18.8 Å². The second-order valence-electron chi connectivity index (χ2n) is 6.42. The molecule has 0 bridgehead atoms. The van der Waals surface area contributed by atoms with Gasteiger partial charge in [-0.05, 0) is 17.7 Å². The largest absolute Gasteiger partial charge is 0.491 e. The third-order valence-corrected chi connectivity index (χ3v) is 4.18. The van der Waals surface area contributed by atoms with Gasteiger partial charge in [-0.2, -0.15) is 0 Å². The molecule has 0 spiro atoms. The molecule has 0 radical (unpaired) electrons. The van der Waals surface area contributed by atoms with Crippen LogP contribution < -0.4 is 4.74 Å². The summed E-state index contributed by atoms with van der Waals surface area (Å²) in [5.74, 6) is 0.476. The smallest absolute Gasteiger partial charge is 0.309 e. The fourth-order valence-corrected chi connectivity index (χ4v) is 2.77. The van der Waals surface area contributed by atoms with Gasteiger partial charge in [0.05, 0.1) is 26.2 Å². The molecule has 0 saturated carbocycles. The first kappa shape index (κ1) is 20.9. The third kappa shape index (κ3) is 8.24. The van der Waals surface area contributed by atoms with Gasteiger partial charge in [-0.15, -0.1) is 0 Å². The maximum absolute atomic E-state index is 11.8. The van der Waals surface area contributed by atoms with Gasteiger partial charge in [-0.25, -0.2) is 0 Å². The number of benzene rings is 2. The Morgan fingerprint density at radius 3 is 2.30 bits per heavy atom. The summed E-state index contributed by atoms with van der Waals surface area (Å²) in [6.07, 6.45) is 0. The van der Waals surface area contributed by atoms with Crippen LogP contribution >= 0.6 is 0 Å². The minimum Gasteiger partial charge on any atom is -0.491 e. The van der Waals surface area contributed by atoms with E-state index in [1.165, 1.54) is 12.7 Å². The average molecular weight is 371 g/mol. The zero-order chi connectivity index (χ0) is 19.3. The highest BCUT2D eigenvalue weighted by Crippen LogP contribution is 2.09. The number of methoxy groups -OCH3 is 1. The van der Waals surface area contributed by atoms with Crippen molar-refractivity contribution in [1.29, 1.82) is 0 Å². The second kappa shape index (κ2) is 12.1. The van der Waals surface area contributed by atoms with Gasteiger partial charge in [0.2, 0.25) is 0 Å². The van der Waals surface area contributed by atoms with E-state index in [1.54, 1.807) is 0 Å². The van der Waals surface area contributed by atoms with Crippen LogP contribution in [0.5, 0.6) is 5.75 Å². The molecule has 0 heterocycles. The normalized spacial score (nSPS) is 12.0. The monoisotopic (exact) mass is 371 g/mol. The molecule has 0 fully saturated rings. The van der Waals surface area contributed by atoms with E-state index in [-0.39, 0.29) is 11.9 Å². The fourth-order valence-electron chi connectivity index (χ4n) is 2.77. The predicted octanol–water partition coefficient (Wildman–Crippen LogP) is 3.39. The molecular formula is C22H29NO4. The number of hydrogen-bond donors (Lipinski definition) is 0. The average Bonchev–Trinajstić information content (AvgIpc) is 2.71. The summed E-state index contributed by atoms with van der Waals surface area (Å²) in [6, 6.07) is 19.9. The maximum Gasteiger partial charge on any atom is 0.309 e. The molecular weight excluding hydrogens is 342 g/mol. The molecule has 5 heteroatoms. The molecule has 0 amide bonds. The maximum atomic E-state index is 11.8. The van der Waals surface area contributed by atoms with Gasteiger partial charge >= 0.3 is 5.97 Å². The van der Waals surface area contributed by atoms with Gasteiger partial charge in [-0.1, -0.05) is 55.5 Å². The highest BCUT2D eigenvalue weighted by atomic mass is 16.5. The Bertz CT molecular complexity index is 648. The molecule has 146 valence electrons. The van der Waals surface area contributed by atoms with E-state index in [4.69, 9.17) is 14.2 Å². The first-order valence-electron chi connectivity index (χ1n) is 9.28. The topological polar surface area (TPSA) is 48.0 Å². The van der Waals surface area contributed by atoms with E-state index >= 15 is 0 Å². The summed E-state index contributed by atoms with van der Waals surface area (Å²) in [7, 11) is 1.43. The van der Waals surface area contributed by atoms with Crippen molar-refractivity contribution in [3.63, 3.8) is 0 Å². The van der Waals surface area contributed by atoms with Gasteiger partial charge in [0, 0.05) is 19.6 Å². The van der Waals surface area contributed by atoms with Crippen LogP contribution in [0.2, 0.25) is 0 Å². The van der Waals surface area contributed by atoms with E-state index in [9.17, 15) is 4.79 Å². The standard InChI is InChI=1S/C22H29NO4/c1-19(22(24)25-2)17-23(18-20-9-5-3-6-10-20)13-14-26-15-16-27-21-11-7-4-8-12-21/h3-12,19H,13-18H2,1-2H3. The molecule has 0 aliphatic heterocycles. The van der Waals surface area contributed by atoms with Crippen LogP contribution in [0, 0.1) is 5.92 Å². The first-order valence-corrected chi connectivity index (χ1v) is 9.28. The number of carbonyl (C=O) groups is 1. The van der Waals surface area contributed by atoms with Gasteiger partial charge in [-0.3, -0.25) is 9.69 Å². The quantitative estimate of drug-likeness (QED) is 0.423. The zero-order valence-electron chi connectivity index (χ0n) is 16.2. The van der Waals surface area contributed by atoms with Crippen molar-refractivity contribution in [3.05, 3.63) is 66.2 Å². The van der Waals surface area contributed by atoms with Gasteiger partial charge in [0.25, 0.3) is 0 Å². The molecule has 2 rings (SSSR count). The summed E-state index contributed by atoms with van der Waals surface area (Å²) in [5, 5.41) is 0. The number of esters is 1. The van der Waals surface area contributed by atoms with Crippen molar-refractivity contribution >= 4 is 5.97 Å². The first-order chi connectivity index (χ1) is 13.2. The molecule has 0 aliphatic rings. The van der Waals surface area contributed by atoms with E-state index in [2.05, 4.69) is 17.0 Å². The lowest BCUT2D eigenvalue weighted by Crippen LogP contribution is -2.34. The van der Waals surface area contributed by atoms with E-state index in [1.807, 2.05) is 55.5 Å². The number of rotatable bonds is 12. The Morgan fingerprint density at radius 2 is 1.63 bits per heavy atom.